The van der Waals surface area contributed by atoms with Gasteiger partial charge in [0.2, 0.25) is 5.95 Å². The molecule has 0 atom stereocenters. The highest BCUT2D eigenvalue weighted by Crippen LogP contribution is 2.33. The van der Waals surface area contributed by atoms with E-state index in [2.05, 4.69) is 42.3 Å². The van der Waals surface area contributed by atoms with Gasteiger partial charge in [0.25, 0.3) is 0 Å². The summed E-state index contributed by atoms with van der Waals surface area (Å²) in [6.07, 6.45) is 11.6. The predicted octanol–water partition coefficient (Wildman–Crippen LogP) is 2.59. The van der Waals surface area contributed by atoms with Crippen molar-refractivity contribution in [2.45, 2.75) is 44.2 Å². The summed E-state index contributed by atoms with van der Waals surface area (Å²) in [6, 6.07) is 4.52. The number of benzene rings is 1. The molecule has 2 N–H and O–H groups in total. The van der Waals surface area contributed by atoms with Crippen molar-refractivity contribution in [1.29, 1.82) is 0 Å². The Morgan fingerprint density at radius 2 is 1.76 bits per heavy atom. The summed E-state index contributed by atoms with van der Waals surface area (Å²) in [7, 11) is 0. The summed E-state index contributed by atoms with van der Waals surface area (Å²) < 4.78 is 12.0. The van der Waals surface area contributed by atoms with E-state index in [4.69, 9.17) is 14.6 Å². The number of anilines is 2. The molecule has 0 spiro atoms. The molecular weight excluding hydrogens is 420 g/mol. The fourth-order valence-electron chi connectivity index (χ4n) is 4.50. The van der Waals surface area contributed by atoms with E-state index in [9.17, 15) is 0 Å². The highest BCUT2D eigenvalue weighted by atomic mass is 16.5. The number of morpholine rings is 1. The SMILES string of the molecule is OCCc1cnc(NC2CCC(Oc3cc(N4CCOCC4)cc4nccnc34)CC2)nc1. The minimum Gasteiger partial charge on any atom is -0.488 e. The Morgan fingerprint density at radius 1 is 1.00 bits per heavy atom. The fourth-order valence-corrected chi connectivity index (χ4v) is 4.50. The average molecular weight is 451 g/mol. The van der Waals surface area contributed by atoms with Gasteiger partial charge in [-0.3, -0.25) is 4.98 Å². The molecule has 0 bridgehead atoms. The van der Waals surface area contributed by atoms with E-state index < -0.39 is 0 Å². The van der Waals surface area contributed by atoms with E-state index in [0.717, 1.165) is 80.0 Å². The van der Waals surface area contributed by atoms with Gasteiger partial charge in [-0.25, -0.2) is 15.0 Å². The van der Waals surface area contributed by atoms with Crippen LogP contribution in [0.5, 0.6) is 5.75 Å². The minimum absolute atomic E-state index is 0.108. The summed E-state index contributed by atoms with van der Waals surface area (Å²) in [5, 5.41) is 12.5. The van der Waals surface area contributed by atoms with Gasteiger partial charge in [0.05, 0.1) is 24.8 Å². The molecule has 174 valence electrons. The Balaban J connectivity index is 1.23. The molecular formula is C24H30N6O3. The molecule has 9 heteroatoms. The van der Waals surface area contributed by atoms with Gasteiger partial charge in [0, 0.05) is 62.3 Å². The molecule has 0 amide bonds. The van der Waals surface area contributed by atoms with Crippen molar-refractivity contribution in [3.63, 3.8) is 0 Å². The summed E-state index contributed by atoms with van der Waals surface area (Å²) in [5.41, 5.74) is 3.72. The van der Waals surface area contributed by atoms with Gasteiger partial charge in [-0.1, -0.05) is 0 Å². The van der Waals surface area contributed by atoms with Gasteiger partial charge in [0.15, 0.2) is 0 Å². The third-order valence-electron chi connectivity index (χ3n) is 6.31. The van der Waals surface area contributed by atoms with Crippen LogP contribution in [-0.4, -0.2) is 70.1 Å². The molecule has 3 aromatic rings. The zero-order valence-corrected chi connectivity index (χ0v) is 18.7. The van der Waals surface area contributed by atoms with Crippen LogP contribution in [-0.2, 0) is 11.2 Å². The number of aliphatic hydroxyl groups is 1. The van der Waals surface area contributed by atoms with Crippen LogP contribution in [0.3, 0.4) is 0 Å². The largest absolute Gasteiger partial charge is 0.488 e. The number of aliphatic hydroxyl groups excluding tert-OH is 1. The summed E-state index contributed by atoms with van der Waals surface area (Å²) >= 11 is 0. The molecule has 0 unspecified atom stereocenters. The Hall–Kier alpha value is -3.04. The summed E-state index contributed by atoms with van der Waals surface area (Å²) in [4.78, 5) is 20.1. The number of hydrogen-bond acceptors (Lipinski definition) is 9. The molecule has 1 aliphatic carbocycles. The molecule has 1 aromatic carbocycles. The maximum atomic E-state index is 9.02. The van der Waals surface area contributed by atoms with Crippen molar-refractivity contribution in [2.75, 3.05) is 43.1 Å². The first-order valence-electron chi connectivity index (χ1n) is 11.7. The summed E-state index contributed by atoms with van der Waals surface area (Å²) in [6.45, 7) is 3.31. The zero-order chi connectivity index (χ0) is 22.5. The number of rotatable bonds is 7. The quantitative estimate of drug-likeness (QED) is 0.562. The van der Waals surface area contributed by atoms with Crippen LogP contribution < -0.4 is 15.0 Å². The van der Waals surface area contributed by atoms with Crippen LogP contribution in [0, 0.1) is 0 Å². The Morgan fingerprint density at radius 3 is 2.52 bits per heavy atom. The van der Waals surface area contributed by atoms with Crippen molar-refractivity contribution in [1.82, 2.24) is 19.9 Å². The number of ether oxygens (including phenoxy) is 2. The van der Waals surface area contributed by atoms with Crippen molar-refractivity contribution in [3.05, 3.63) is 42.5 Å². The van der Waals surface area contributed by atoms with Crippen LogP contribution in [0.1, 0.15) is 31.2 Å². The second-order valence-electron chi connectivity index (χ2n) is 8.59. The highest BCUT2D eigenvalue weighted by molar-refractivity contribution is 5.85. The lowest BCUT2D eigenvalue weighted by Crippen LogP contribution is -2.36. The normalized spacial score (nSPS) is 21.2. The van der Waals surface area contributed by atoms with Gasteiger partial charge in [0.1, 0.15) is 11.3 Å². The molecule has 0 radical (unpaired) electrons. The predicted molar refractivity (Wildman–Crippen MR) is 126 cm³/mol. The van der Waals surface area contributed by atoms with Crippen LogP contribution in [0.2, 0.25) is 0 Å². The van der Waals surface area contributed by atoms with Crippen molar-refractivity contribution >= 4 is 22.7 Å². The van der Waals surface area contributed by atoms with E-state index in [0.29, 0.717) is 18.4 Å². The van der Waals surface area contributed by atoms with Gasteiger partial charge in [-0.05, 0) is 43.7 Å². The second kappa shape index (κ2) is 10.3. The van der Waals surface area contributed by atoms with Crippen LogP contribution in [0.25, 0.3) is 11.0 Å². The molecule has 5 rings (SSSR count). The topological polar surface area (TPSA) is 106 Å². The molecule has 1 saturated heterocycles. The maximum Gasteiger partial charge on any atom is 0.222 e. The summed E-state index contributed by atoms with van der Waals surface area (Å²) in [5.74, 6) is 1.45. The molecule has 33 heavy (non-hydrogen) atoms. The maximum absolute atomic E-state index is 9.02. The van der Waals surface area contributed by atoms with Gasteiger partial charge >= 0.3 is 0 Å². The number of aromatic nitrogens is 4. The second-order valence-corrected chi connectivity index (χ2v) is 8.59. The lowest BCUT2D eigenvalue weighted by Gasteiger charge is -2.31. The first-order valence-corrected chi connectivity index (χ1v) is 11.7. The lowest BCUT2D eigenvalue weighted by molar-refractivity contribution is 0.122. The first kappa shape index (κ1) is 21.8. The number of hydrogen-bond donors (Lipinski definition) is 2. The number of nitrogens with zero attached hydrogens (tertiary/aromatic N) is 5. The standard InChI is InChI=1S/C24H30N6O3/c31-10-5-17-15-27-24(28-16-17)29-18-1-3-20(4-2-18)33-22-14-19(30-8-11-32-12-9-30)13-21-23(22)26-7-6-25-21/h6-7,13-16,18,20,31H,1-5,8-12H2,(H,27,28,29). The van der Waals surface area contributed by atoms with Crippen LogP contribution in [0.4, 0.5) is 11.6 Å². The molecule has 1 saturated carbocycles. The monoisotopic (exact) mass is 450 g/mol. The van der Waals surface area contributed by atoms with Crippen molar-refractivity contribution in [3.8, 4) is 5.75 Å². The van der Waals surface area contributed by atoms with E-state index in [1.54, 1.807) is 24.8 Å². The lowest BCUT2D eigenvalue weighted by atomic mass is 9.93. The zero-order valence-electron chi connectivity index (χ0n) is 18.7. The van der Waals surface area contributed by atoms with E-state index in [1.165, 1.54) is 0 Å². The van der Waals surface area contributed by atoms with Crippen LogP contribution in [0.15, 0.2) is 36.9 Å². The third kappa shape index (κ3) is 5.31. The highest BCUT2D eigenvalue weighted by Gasteiger charge is 2.24. The molecule has 3 heterocycles. The Bertz CT molecular complexity index is 1050. The van der Waals surface area contributed by atoms with Crippen molar-refractivity contribution in [2.24, 2.45) is 0 Å². The Kier molecular flexibility index (Phi) is 6.78. The average Bonchev–Trinajstić information content (AvgIpc) is 2.87. The number of nitrogens with one attached hydrogen (secondary N) is 1. The molecule has 2 aromatic heterocycles. The van der Waals surface area contributed by atoms with E-state index in [-0.39, 0.29) is 12.7 Å². The molecule has 2 aliphatic rings. The van der Waals surface area contributed by atoms with E-state index in [1.807, 2.05) is 0 Å². The number of fused-ring (bicyclic) bond motifs is 1. The molecule has 2 fully saturated rings. The van der Waals surface area contributed by atoms with E-state index >= 15 is 0 Å². The minimum atomic E-state index is 0.108. The fraction of sp³-hybridized carbons (Fsp3) is 0.500. The molecule has 1 aliphatic heterocycles. The van der Waals surface area contributed by atoms with Gasteiger partial charge in [-0.2, -0.15) is 0 Å². The first-order chi connectivity index (χ1) is 16.3. The molecule has 9 nitrogen and oxygen atoms in total. The third-order valence-corrected chi connectivity index (χ3v) is 6.31. The smallest absolute Gasteiger partial charge is 0.222 e. The van der Waals surface area contributed by atoms with Gasteiger partial charge < -0.3 is 24.8 Å². The van der Waals surface area contributed by atoms with Crippen molar-refractivity contribution < 1.29 is 14.6 Å². The van der Waals surface area contributed by atoms with Gasteiger partial charge in [-0.15, -0.1) is 0 Å². The van der Waals surface area contributed by atoms with Crippen LogP contribution >= 0.6 is 0 Å². The Labute approximate surface area is 193 Å².